The van der Waals surface area contributed by atoms with E-state index in [9.17, 15) is 0 Å². The topological polar surface area (TPSA) is 39.7 Å². The quantitative estimate of drug-likeness (QED) is 0.459. The van der Waals surface area contributed by atoms with Crippen molar-refractivity contribution in [3.63, 3.8) is 0 Å². The van der Waals surface area contributed by atoms with Gasteiger partial charge in [0.2, 0.25) is 0 Å². The summed E-state index contributed by atoms with van der Waals surface area (Å²) < 4.78 is 16.6. The fourth-order valence-electron chi connectivity index (χ4n) is 2.89. The molecule has 3 rings (SSSR count). The van der Waals surface area contributed by atoms with Crippen LogP contribution in [0, 0.1) is 0 Å². The number of nitrogens with one attached hydrogen (secondary N) is 1. The summed E-state index contributed by atoms with van der Waals surface area (Å²) in [5.74, 6) is 1.97. The molecule has 6 heteroatoms. The van der Waals surface area contributed by atoms with Crippen LogP contribution in [0.5, 0.6) is 17.2 Å². The molecule has 0 aliphatic carbocycles. The molecule has 0 aliphatic heterocycles. The highest BCUT2D eigenvalue weighted by atomic mass is 35.5. The van der Waals surface area contributed by atoms with E-state index < -0.39 is 0 Å². The maximum Gasteiger partial charge on any atom is 0.180 e. The van der Waals surface area contributed by atoms with Crippen LogP contribution < -0.4 is 19.5 Å². The van der Waals surface area contributed by atoms with Gasteiger partial charge in [0.15, 0.2) is 11.5 Å². The lowest BCUT2D eigenvalue weighted by atomic mass is 10.1. The van der Waals surface area contributed by atoms with Crippen molar-refractivity contribution in [3.05, 3.63) is 87.4 Å². The molecule has 0 unspecified atom stereocenters. The summed E-state index contributed by atoms with van der Waals surface area (Å²) in [6, 6.07) is 19.3. The molecule has 0 aliphatic rings. The Morgan fingerprint density at radius 1 is 0.793 bits per heavy atom. The van der Waals surface area contributed by atoms with E-state index in [4.69, 9.17) is 37.4 Å². The maximum absolute atomic E-state index is 6.47. The van der Waals surface area contributed by atoms with Crippen LogP contribution in [0.15, 0.2) is 60.7 Å². The molecule has 0 amide bonds. The van der Waals surface area contributed by atoms with Crippen molar-refractivity contribution in [3.8, 4) is 17.2 Å². The lowest BCUT2D eigenvalue weighted by Gasteiger charge is -2.15. The van der Waals surface area contributed by atoms with E-state index in [0.29, 0.717) is 34.7 Å². The Kier molecular flexibility index (Phi) is 7.64. The Morgan fingerprint density at radius 3 is 2.24 bits per heavy atom. The molecule has 3 aromatic carbocycles. The van der Waals surface area contributed by atoms with Gasteiger partial charge in [0.1, 0.15) is 12.4 Å². The van der Waals surface area contributed by atoms with Crippen LogP contribution in [0.25, 0.3) is 0 Å². The normalized spacial score (nSPS) is 10.6. The third-order valence-corrected chi connectivity index (χ3v) is 4.89. The molecule has 0 aromatic heterocycles. The van der Waals surface area contributed by atoms with Crippen molar-refractivity contribution < 1.29 is 14.2 Å². The van der Waals surface area contributed by atoms with Gasteiger partial charge in [0.05, 0.1) is 19.2 Å². The third kappa shape index (κ3) is 6.04. The molecular formula is C23H23Cl2NO3. The van der Waals surface area contributed by atoms with Gasteiger partial charge < -0.3 is 19.5 Å². The number of benzene rings is 3. The molecule has 0 saturated heterocycles. The van der Waals surface area contributed by atoms with E-state index in [2.05, 4.69) is 5.32 Å². The predicted molar refractivity (Wildman–Crippen MR) is 117 cm³/mol. The third-order valence-electron chi connectivity index (χ3n) is 4.38. The Bertz CT molecular complexity index is 945. The van der Waals surface area contributed by atoms with Gasteiger partial charge in [-0.1, -0.05) is 47.5 Å². The van der Waals surface area contributed by atoms with Gasteiger partial charge in [-0.05, 0) is 53.1 Å². The molecule has 152 valence electrons. The van der Waals surface area contributed by atoms with Gasteiger partial charge in [0, 0.05) is 18.1 Å². The second kappa shape index (κ2) is 10.4. The van der Waals surface area contributed by atoms with Crippen LogP contribution in [-0.4, -0.2) is 14.2 Å². The van der Waals surface area contributed by atoms with Crippen molar-refractivity contribution in [1.82, 2.24) is 5.32 Å². The molecule has 0 heterocycles. The SMILES string of the molecule is COc1ccc(CNCc2cc(Cl)c(OCc3cccc(Cl)c3)c(OC)c2)cc1. The van der Waals surface area contributed by atoms with Crippen molar-refractivity contribution in [2.75, 3.05) is 14.2 Å². The Balaban J connectivity index is 1.62. The minimum atomic E-state index is 0.353. The van der Waals surface area contributed by atoms with Crippen molar-refractivity contribution in [1.29, 1.82) is 0 Å². The molecule has 0 atom stereocenters. The zero-order chi connectivity index (χ0) is 20.6. The first-order valence-electron chi connectivity index (χ1n) is 9.16. The highest BCUT2D eigenvalue weighted by molar-refractivity contribution is 6.32. The van der Waals surface area contributed by atoms with Crippen LogP contribution in [-0.2, 0) is 19.7 Å². The molecule has 0 bridgehead atoms. The first-order chi connectivity index (χ1) is 14.1. The van der Waals surface area contributed by atoms with Crippen LogP contribution in [0.3, 0.4) is 0 Å². The second-order valence-corrected chi connectivity index (χ2v) is 7.32. The Labute approximate surface area is 181 Å². The van der Waals surface area contributed by atoms with Gasteiger partial charge in [-0.25, -0.2) is 0 Å². The molecule has 0 radical (unpaired) electrons. The van der Waals surface area contributed by atoms with Crippen molar-refractivity contribution in [2.24, 2.45) is 0 Å². The van der Waals surface area contributed by atoms with Gasteiger partial charge in [0.25, 0.3) is 0 Å². The lowest BCUT2D eigenvalue weighted by molar-refractivity contribution is 0.284. The number of methoxy groups -OCH3 is 2. The summed E-state index contributed by atoms with van der Waals surface area (Å²) in [5, 5.41) is 4.58. The molecule has 29 heavy (non-hydrogen) atoms. The zero-order valence-electron chi connectivity index (χ0n) is 16.4. The standard InChI is InChI=1S/C23H23Cl2NO3/c1-27-20-8-6-16(7-9-20)13-26-14-18-11-21(25)23(22(12-18)28-2)29-15-17-4-3-5-19(24)10-17/h3-12,26H,13-15H2,1-2H3. The fourth-order valence-corrected chi connectivity index (χ4v) is 3.39. The summed E-state index contributed by atoms with van der Waals surface area (Å²) >= 11 is 12.5. The van der Waals surface area contributed by atoms with Crippen LogP contribution in [0.2, 0.25) is 10.0 Å². The van der Waals surface area contributed by atoms with E-state index in [1.54, 1.807) is 14.2 Å². The van der Waals surface area contributed by atoms with E-state index in [-0.39, 0.29) is 0 Å². The molecule has 3 aromatic rings. The molecule has 1 N–H and O–H groups in total. The smallest absolute Gasteiger partial charge is 0.180 e. The van der Waals surface area contributed by atoms with Crippen LogP contribution in [0.4, 0.5) is 0 Å². The number of ether oxygens (including phenoxy) is 3. The number of halogens is 2. The molecule has 0 fully saturated rings. The minimum absolute atomic E-state index is 0.353. The van der Waals surface area contributed by atoms with Gasteiger partial charge in [-0.3, -0.25) is 0 Å². The van der Waals surface area contributed by atoms with E-state index in [0.717, 1.165) is 23.4 Å². The fraction of sp³-hybridized carbons (Fsp3) is 0.217. The summed E-state index contributed by atoms with van der Waals surface area (Å²) in [6.07, 6.45) is 0. The highest BCUT2D eigenvalue weighted by Crippen LogP contribution is 2.37. The second-order valence-electron chi connectivity index (χ2n) is 6.48. The average molecular weight is 432 g/mol. The first-order valence-corrected chi connectivity index (χ1v) is 9.92. The zero-order valence-corrected chi connectivity index (χ0v) is 17.9. The highest BCUT2D eigenvalue weighted by Gasteiger charge is 2.12. The summed E-state index contributed by atoms with van der Waals surface area (Å²) in [7, 11) is 3.26. The maximum atomic E-state index is 6.47. The largest absolute Gasteiger partial charge is 0.497 e. The Hall–Kier alpha value is -2.40. The minimum Gasteiger partial charge on any atom is -0.497 e. The van der Waals surface area contributed by atoms with Crippen molar-refractivity contribution >= 4 is 23.2 Å². The Morgan fingerprint density at radius 2 is 1.55 bits per heavy atom. The predicted octanol–water partition coefficient (Wildman–Crippen LogP) is 5.88. The summed E-state index contributed by atoms with van der Waals surface area (Å²) in [4.78, 5) is 0. The van der Waals surface area contributed by atoms with Crippen LogP contribution in [0.1, 0.15) is 16.7 Å². The molecule has 0 saturated carbocycles. The van der Waals surface area contributed by atoms with Gasteiger partial charge in [-0.15, -0.1) is 0 Å². The lowest BCUT2D eigenvalue weighted by Crippen LogP contribution is -2.13. The van der Waals surface area contributed by atoms with Gasteiger partial charge in [-0.2, -0.15) is 0 Å². The average Bonchev–Trinajstić information content (AvgIpc) is 2.73. The van der Waals surface area contributed by atoms with Gasteiger partial charge >= 0.3 is 0 Å². The summed E-state index contributed by atoms with van der Waals surface area (Å²) in [6.45, 7) is 1.74. The summed E-state index contributed by atoms with van der Waals surface area (Å²) in [5.41, 5.74) is 3.14. The van der Waals surface area contributed by atoms with E-state index in [1.165, 1.54) is 5.56 Å². The van der Waals surface area contributed by atoms with Crippen LogP contribution >= 0.6 is 23.2 Å². The monoisotopic (exact) mass is 431 g/mol. The van der Waals surface area contributed by atoms with Crippen molar-refractivity contribution in [2.45, 2.75) is 19.7 Å². The van der Waals surface area contributed by atoms with E-state index in [1.807, 2.05) is 60.7 Å². The molecule has 0 spiro atoms. The van der Waals surface area contributed by atoms with E-state index >= 15 is 0 Å². The number of hydrogen-bond donors (Lipinski definition) is 1. The number of hydrogen-bond acceptors (Lipinski definition) is 4. The first kappa shape index (κ1) is 21.3. The molecule has 4 nitrogen and oxygen atoms in total. The molecular weight excluding hydrogens is 409 g/mol. The number of rotatable bonds is 9.